The average molecular weight is 456 g/mol. The highest BCUT2D eigenvalue weighted by molar-refractivity contribution is 5.80. The van der Waals surface area contributed by atoms with Crippen LogP contribution < -0.4 is 5.32 Å². The highest BCUT2D eigenvalue weighted by Crippen LogP contribution is 2.31. The fourth-order valence-corrected chi connectivity index (χ4v) is 3.94. The summed E-state index contributed by atoms with van der Waals surface area (Å²) in [6, 6.07) is 26.3. The molecule has 0 bridgehead atoms. The van der Waals surface area contributed by atoms with Crippen LogP contribution in [0.5, 0.6) is 0 Å². The van der Waals surface area contributed by atoms with E-state index >= 15 is 0 Å². The van der Waals surface area contributed by atoms with Crippen molar-refractivity contribution in [2.45, 2.75) is 33.0 Å². The summed E-state index contributed by atoms with van der Waals surface area (Å²) in [7, 11) is 1.42. The number of carbonyl (C=O) groups excluding carboxylic acids is 1. The molecule has 0 saturated carbocycles. The lowest BCUT2D eigenvalue weighted by Gasteiger charge is -2.20. The molecule has 34 heavy (non-hydrogen) atoms. The van der Waals surface area contributed by atoms with Gasteiger partial charge in [0.25, 0.3) is 0 Å². The number of esters is 1. The summed E-state index contributed by atoms with van der Waals surface area (Å²) in [6.45, 7) is 5.18. The topological polar surface area (TPSA) is 81.9 Å². The summed E-state index contributed by atoms with van der Waals surface area (Å²) in [6.07, 6.45) is 0. The van der Waals surface area contributed by atoms with Crippen LogP contribution in [0.2, 0.25) is 0 Å². The number of nitrogens with one attached hydrogen (secondary N) is 1. The molecule has 1 atom stereocenters. The number of hydrogen-bond acceptors (Lipinski definition) is 6. The minimum absolute atomic E-state index is 0.139. The molecule has 0 aliphatic rings. The van der Waals surface area contributed by atoms with Gasteiger partial charge in [0.1, 0.15) is 6.04 Å². The zero-order valence-corrected chi connectivity index (χ0v) is 19.7. The van der Waals surface area contributed by atoms with E-state index in [0.717, 1.165) is 33.6 Å². The maximum absolute atomic E-state index is 12.0. The van der Waals surface area contributed by atoms with Crippen molar-refractivity contribution < 1.29 is 9.53 Å². The predicted molar refractivity (Wildman–Crippen MR) is 132 cm³/mol. The summed E-state index contributed by atoms with van der Waals surface area (Å²) in [5, 5.41) is 15.8. The summed E-state index contributed by atoms with van der Waals surface area (Å²) in [5.41, 5.74) is 5.32. The molecule has 1 heterocycles. The molecule has 4 aromatic rings. The van der Waals surface area contributed by atoms with E-state index < -0.39 is 0 Å². The first-order valence-electron chi connectivity index (χ1n) is 11.4. The van der Waals surface area contributed by atoms with Gasteiger partial charge < -0.3 is 10.1 Å². The number of ether oxygens (including phenoxy) is 1. The van der Waals surface area contributed by atoms with Gasteiger partial charge in [-0.25, -0.2) is 4.68 Å². The van der Waals surface area contributed by atoms with Crippen LogP contribution in [-0.4, -0.2) is 39.3 Å². The average Bonchev–Trinajstić information content (AvgIpc) is 3.32. The Morgan fingerprint density at radius 1 is 0.912 bits per heavy atom. The van der Waals surface area contributed by atoms with Crippen molar-refractivity contribution in [1.29, 1.82) is 0 Å². The lowest BCUT2D eigenvalue weighted by Crippen LogP contribution is -2.41. The zero-order valence-electron chi connectivity index (χ0n) is 19.7. The maximum Gasteiger partial charge on any atom is 0.323 e. The Balaban J connectivity index is 1.55. The number of tetrazole rings is 1. The maximum atomic E-state index is 12.0. The molecule has 3 aromatic carbocycles. The van der Waals surface area contributed by atoms with Gasteiger partial charge in [0.15, 0.2) is 5.82 Å². The standard InChI is InChI=1S/C27H29N5O2/c1-19(2)25(27(33)34-3)28-17-20-13-15-22(16-14-20)23-11-7-8-12-24(23)26-29-30-31-32(26)18-21-9-5-4-6-10-21/h4-16,19,25,28H,17-18H2,1-3H3. The van der Waals surface area contributed by atoms with Crippen molar-refractivity contribution in [3.63, 3.8) is 0 Å². The number of rotatable bonds is 9. The van der Waals surface area contributed by atoms with E-state index in [4.69, 9.17) is 4.74 Å². The molecule has 0 aliphatic carbocycles. The molecule has 0 amide bonds. The van der Waals surface area contributed by atoms with Gasteiger partial charge >= 0.3 is 5.97 Å². The Kier molecular flexibility index (Phi) is 7.44. The Morgan fingerprint density at radius 2 is 1.59 bits per heavy atom. The number of benzene rings is 3. The SMILES string of the molecule is COC(=O)C(NCc1ccc(-c2ccccc2-c2nnnn2Cc2ccccc2)cc1)C(C)C. The van der Waals surface area contributed by atoms with E-state index in [1.54, 1.807) is 0 Å². The van der Waals surface area contributed by atoms with Gasteiger partial charge in [-0.2, -0.15) is 0 Å². The molecule has 0 fully saturated rings. The van der Waals surface area contributed by atoms with Crippen molar-refractivity contribution in [3.8, 4) is 22.5 Å². The van der Waals surface area contributed by atoms with Gasteiger partial charge in [0, 0.05) is 12.1 Å². The van der Waals surface area contributed by atoms with E-state index in [2.05, 4.69) is 63.3 Å². The highest BCUT2D eigenvalue weighted by atomic mass is 16.5. The Morgan fingerprint density at radius 3 is 2.26 bits per heavy atom. The van der Waals surface area contributed by atoms with Crippen LogP contribution in [0.1, 0.15) is 25.0 Å². The number of hydrogen-bond donors (Lipinski definition) is 1. The Bertz CT molecular complexity index is 1220. The summed E-state index contributed by atoms with van der Waals surface area (Å²) >= 11 is 0. The summed E-state index contributed by atoms with van der Waals surface area (Å²) < 4.78 is 6.74. The molecular formula is C27H29N5O2. The molecule has 1 aromatic heterocycles. The second kappa shape index (κ2) is 10.9. The Hall–Kier alpha value is -3.84. The lowest BCUT2D eigenvalue weighted by molar-refractivity contribution is -0.144. The molecule has 7 heteroatoms. The first kappa shape index (κ1) is 23.3. The summed E-state index contributed by atoms with van der Waals surface area (Å²) in [4.78, 5) is 12.0. The minimum Gasteiger partial charge on any atom is -0.468 e. The van der Waals surface area contributed by atoms with Crippen LogP contribution in [0.15, 0.2) is 78.9 Å². The molecule has 0 spiro atoms. The van der Waals surface area contributed by atoms with Crippen molar-refractivity contribution >= 4 is 5.97 Å². The van der Waals surface area contributed by atoms with Gasteiger partial charge in [-0.05, 0) is 38.6 Å². The van der Waals surface area contributed by atoms with E-state index in [-0.39, 0.29) is 17.9 Å². The monoisotopic (exact) mass is 455 g/mol. The van der Waals surface area contributed by atoms with Crippen LogP contribution in [0.4, 0.5) is 0 Å². The molecule has 0 radical (unpaired) electrons. The third-order valence-corrected chi connectivity index (χ3v) is 5.79. The fourth-order valence-electron chi connectivity index (χ4n) is 3.94. The zero-order chi connectivity index (χ0) is 23.9. The molecule has 1 N–H and O–H groups in total. The molecule has 0 aliphatic heterocycles. The quantitative estimate of drug-likeness (QED) is 0.378. The Labute approximate surface area is 199 Å². The van der Waals surface area contributed by atoms with Crippen LogP contribution in [0, 0.1) is 5.92 Å². The third kappa shape index (κ3) is 5.38. The van der Waals surface area contributed by atoms with Crippen LogP contribution in [0.3, 0.4) is 0 Å². The minimum atomic E-state index is -0.339. The summed E-state index contributed by atoms with van der Waals surface area (Å²) in [5.74, 6) is 0.622. The molecule has 0 saturated heterocycles. The number of aromatic nitrogens is 4. The molecule has 174 valence electrons. The van der Waals surface area contributed by atoms with Gasteiger partial charge in [-0.1, -0.05) is 92.7 Å². The van der Waals surface area contributed by atoms with Crippen molar-refractivity contribution in [3.05, 3.63) is 90.0 Å². The normalized spacial score (nSPS) is 12.0. The van der Waals surface area contributed by atoms with E-state index in [9.17, 15) is 4.79 Å². The first-order chi connectivity index (χ1) is 16.6. The fraction of sp³-hybridized carbons (Fsp3) is 0.259. The number of carbonyl (C=O) groups is 1. The van der Waals surface area contributed by atoms with Crippen LogP contribution >= 0.6 is 0 Å². The van der Waals surface area contributed by atoms with Crippen LogP contribution in [0.25, 0.3) is 22.5 Å². The predicted octanol–water partition coefficient (Wildman–Crippen LogP) is 4.34. The lowest BCUT2D eigenvalue weighted by atomic mass is 9.98. The highest BCUT2D eigenvalue weighted by Gasteiger charge is 2.22. The van der Waals surface area contributed by atoms with Gasteiger partial charge in [-0.3, -0.25) is 4.79 Å². The first-order valence-corrected chi connectivity index (χ1v) is 11.4. The molecular weight excluding hydrogens is 426 g/mol. The molecule has 1 unspecified atom stereocenters. The molecule has 7 nitrogen and oxygen atoms in total. The largest absolute Gasteiger partial charge is 0.468 e. The van der Waals surface area contributed by atoms with E-state index in [0.29, 0.717) is 13.1 Å². The number of nitrogens with zero attached hydrogens (tertiary/aromatic N) is 4. The van der Waals surface area contributed by atoms with Crippen molar-refractivity contribution in [1.82, 2.24) is 25.5 Å². The van der Waals surface area contributed by atoms with Crippen molar-refractivity contribution in [2.24, 2.45) is 5.92 Å². The van der Waals surface area contributed by atoms with Crippen molar-refractivity contribution in [2.75, 3.05) is 7.11 Å². The molecule has 4 rings (SSSR count). The number of methoxy groups -OCH3 is 1. The third-order valence-electron chi connectivity index (χ3n) is 5.79. The van der Waals surface area contributed by atoms with Gasteiger partial charge in [-0.15, -0.1) is 5.10 Å². The second-order valence-electron chi connectivity index (χ2n) is 8.51. The van der Waals surface area contributed by atoms with Crippen LogP contribution in [-0.2, 0) is 22.6 Å². The van der Waals surface area contributed by atoms with E-state index in [1.807, 2.05) is 54.9 Å². The van der Waals surface area contributed by atoms with E-state index in [1.165, 1.54) is 7.11 Å². The van der Waals surface area contributed by atoms with Gasteiger partial charge in [0.2, 0.25) is 0 Å². The van der Waals surface area contributed by atoms with Gasteiger partial charge in [0.05, 0.1) is 13.7 Å². The smallest absolute Gasteiger partial charge is 0.323 e. The second-order valence-corrected chi connectivity index (χ2v) is 8.51.